The van der Waals surface area contributed by atoms with Crippen molar-refractivity contribution in [2.75, 3.05) is 11.9 Å². The van der Waals surface area contributed by atoms with Crippen LogP contribution in [0.4, 0.5) is 10.5 Å². The number of carbonyl (C=O) groups is 3. The molecular formula is C21H31N3O4. The number of amides is 3. The molecule has 2 rings (SSSR count). The van der Waals surface area contributed by atoms with Gasteiger partial charge in [0.05, 0.1) is 0 Å². The normalized spacial score (nSPS) is 17.6. The molecule has 0 radical (unpaired) electrons. The van der Waals surface area contributed by atoms with E-state index in [2.05, 4.69) is 10.6 Å². The fourth-order valence-corrected chi connectivity index (χ4v) is 3.26. The predicted molar refractivity (Wildman–Crippen MR) is 108 cm³/mol. The second-order valence-corrected chi connectivity index (χ2v) is 7.94. The van der Waals surface area contributed by atoms with Crippen LogP contribution < -0.4 is 10.6 Å². The summed E-state index contributed by atoms with van der Waals surface area (Å²) in [6.45, 7) is 9.33. The topological polar surface area (TPSA) is 87.7 Å². The van der Waals surface area contributed by atoms with Crippen molar-refractivity contribution < 1.29 is 19.1 Å². The largest absolute Gasteiger partial charge is 0.444 e. The zero-order valence-corrected chi connectivity index (χ0v) is 17.4. The van der Waals surface area contributed by atoms with Crippen LogP contribution in [0, 0.1) is 0 Å². The van der Waals surface area contributed by atoms with Crippen LogP contribution in [0.1, 0.15) is 53.0 Å². The zero-order valence-electron chi connectivity index (χ0n) is 17.4. The van der Waals surface area contributed by atoms with Crippen LogP contribution in [-0.4, -0.2) is 47.0 Å². The summed E-state index contributed by atoms with van der Waals surface area (Å²) in [5.41, 5.74) is 1.18. The van der Waals surface area contributed by atoms with Crippen molar-refractivity contribution in [3.05, 3.63) is 29.8 Å². The average Bonchev–Trinajstić information content (AvgIpc) is 2.76. The fraction of sp³-hybridized carbons (Fsp3) is 0.571. The number of anilines is 1. The average molecular weight is 389 g/mol. The summed E-state index contributed by atoms with van der Waals surface area (Å²) in [6, 6.07) is 6.27. The van der Waals surface area contributed by atoms with Gasteiger partial charge in [-0.2, -0.15) is 0 Å². The van der Waals surface area contributed by atoms with Crippen LogP contribution in [0.25, 0.3) is 0 Å². The van der Waals surface area contributed by atoms with Crippen LogP contribution in [0.2, 0.25) is 0 Å². The van der Waals surface area contributed by atoms with E-state index in [1.165, 1.54) is 4.90 Å². The highest BCUT2D eigenvalue weighted by atomic mass is 16.6. The van der Waals surface area contributed by atoms with E-state index in [-0.39, 0.29) is 11.8 Å². The number of para-hydroxylation sites is 1. The predicted octanol–water partition coefficient (Wildman–Crippen LogP) is 3.09. The van der Waals surface area contributed by atoms with Crippen LogP contribution >= 0.6 is 0 Å². The number of carbonyl (C=O) groups excluding carboxylic acids is 3. The van der Waals surface area contributed by atoms with Gasteiger partial charge in [-0.1, -0.05) is 25.1 Å². The summed E-state index contributed by atoms with van der Waals surface area (Å²) in [6.07, 6.45) is 1.08. The molecule has 7 nitrogen and oxygen atoms in total. The Hall–Kier alpha value is -2.57. The van der Waals surface area contributed by atoms with Crippen LogP contribution in [0.3, 0.4) is 0 Å². The third-order valence-electron chi connectivity index (χ3n) is 4.64. The minimum atomic E-state index is -0.696. The minimum Gasteiger partial charge on any atom is -0.444 e. The second-order valence-electron chi connectivity index (χ2n) is 7.94. The molecule has 3 amide bonds. The first-order valence-electron chi connectivity index (χ1n) is 9.85. The SMILES string of the molecule is CCC(C(=O)NC1CCc2ccccc2NC1=O)N(CC)C(=O)OC(C)(C)C. The van der Waals surface area contributed by atoms with Gasteiger partial charge in [0.2, 0.25) is 11.8 Å². The fourth-order valence-electron chi connectivity index (χ4n) is 3.26. The molecule has 1 heterocycles. The number of aryl methyl sites for hydroxylation is 1. The van der Waals surface area contributed by atoms with E-state index in [9.17, 15) is 14.4 Å². The molecule has 154 valence electrons. The third-order valence-corrected chi connectivity index (χ3v) is 4.64. The Morgan fingerprint density at radius 3 is 2.57 bits per heavy atom. The molecule has 2 N–H and O–H groups in total. The number of ether oxygens (including phenoxy) is 1. The van der Waals surface area contributed by atoms with Crippen molar-refractivity contribution in [1.29, 1.82) is 0 Å². The Balaban J connectivity index is 2.08. The first-order chi connectivity index (χ1) is 13.2. The number of hydrogen-bond donors (Lipinski definition) is 2. The molecule has 1 aromatic rings. The lowest BCUT2D eigenvalue weighted by atomic mass is 10.1. The smallest absolute Gasteiger partial charge is 0.410 e. The molecular weight excluding hydrogens is 358 g/mol. The van der Waals surface area contributed by atoms with Crippen molar-refractivity contribution in [1.82, 2.24) is 10.2 Å². The van der Waals surface area contributed by atoms with Crippen LogP contribution in [-0.2, 0) is 20.7 Å². The Bertz CT molecular complexity index is 727. The summed E-state index contributed by atoms with van der Waals surface area (Å²) in [7, 11) is 0. The molecule has 0 fully saturated rings. The maximum absolute atomic E-state index is 12.9. The van der Waals surface area contributed by atoms with Crippen LogP contribution in [0.5, 0.6) is 0 Å². The standard InChI is InChI=1S/C21H31N3O4/c1-6-17(24(7-2)20(27)28-21(3,4)5)19(26)23-16-13-12-14-10-8-9-11-15(14)22-18(16)25/h8-11,16-17H,6-7,12-13H2,1-5H3,(H,22,25)(H,23,26). The molecule has 2 unspecified atom stereocenters. The quantitative estimate of drug-likeness (QED) is 0.810. The summed E-state index contributed by atoms with van der Waals surface area (Å²) in [4.78, 5) is 39.4. The van der Waals surface area contributed by atoms with Gasteiger partial charge in [-0.15, -0.1) is 0 Å². The molecule has 2 atom stereocenters. The van der Waals surface area contributed by atoms with Gasteiger partial charge in [-0.25, -0.2) is 4.79 Å². The van der Waals surface area contributed by atoms with Crippen molar-refractivity contribution in [2.45, 2.75) is 71.6 Å². The number of benzene rings is 1. The number of rotatable bonds is 5. The van der Waals surface area contributed by atoms with E-state index in [1.54, 1.807) is 27.7 Å². The first kappa shape index (κ1) is 21.7. The van der Waals surface area contributed by atoms with Crippen molar-refractivity contribution >= 4 is 23.6 Å². The molecule has 1 aromatic carbocycles. The monoisotopic (exact) mass is 389 g/mol. The number of fused-ring (bicyclic) bond motifs is 1. The molecule has 7 heteroatoms. The highest BCUT2D eigenvalue weighted by molar-refractivity contribution is 5.99. The Kier molecular flexibility index (Phi) is 7.05. The summed E-state index contributed by atoms with van der Waals surface area (Å²) < 4.78 is 5.42. The van der Waals surface area contributed by atoms with E-state index in [0.717, 1.165) is 11.3 Å². The number of hydrogen-bond acceptors (Lipinski definition) is 4. The second kappa shape index (κ2) is 9.08. The highest BCUT2D eigenvalue weighted by Gasteiger charge is 2.33. The van der Waals surface area contributed by atoms with Gasteiger partial charge in [-0.05, 0) is 58.6 Å². The Morgan fingerprint density at radius 2 is 1.96 bits per heavy atom. The van der Waals surface area contributed by atoms with Gasteiger partial charge in [0, 0.05) is 12.2 Å². The van der Waals surface area contributed by atoms with Crippen molar-refractivity contribution in [3.63, 3.8) is 0 Å². The summed E-state index contributed by atoms with van der Waals surface area (Å²) >= 11 is 0. The Labute approximate surface area is 166 Å². The molecule has 28 heavy (non-hydrogen) atoms. The minimum absolute atomic E-state index is 0.242. The molecule has 0 bridgehead atoms. The van der Waals surface area contributed by atoms with Gasteiger partial charge in [0.15, 0.2) is 0 Å². The number of nitrogens with one attached hydrogen (secondary N) is 2. The molecule has 1 aliphatic rings. The maximum atomic E-state index is 12.9. The molecule has 0 aliphatic carbocycles. The van der Waals surface area contributed by atoms with Crippen molar-refractivity contribution in [2.24, 2.45) is 0 Å². The maximum Gasteiger partial charge on any atom is 0.410 e. The summed E-state index contributed by atoms with van der Waals surface area (Å²) in [5.74, 6) is -0.588. The van der Waals surface area contributed by atoms with Gasteiger partial charge in [-0.3, -0.25) is 14.5 Å². The molecule has 1 aliphatic heterocycles. The van der Waals surface area contributed by atoms with Gasteiger partial charge in [0.1, 0.15) is 17.7 Å². The van der Waals surface area contributed by atoms with E-state index in [1.807, 2.05) is 31.2 Å². The molecule has 0 aromatic heterocycles. The third kappa shape index (κ3) is 5.47. The molecule has 0 spiro atoms. The summed E-state index contributed by atoms with van der Waals surface area (Å²) in [5, 5.41) is 5.70. The van der Waals surface area contributed by atoms with E-state index in [0.29, 0.717) is 25.8 Å². The zero-order chi connectivity index (χ0) is 20.9. The molecule has 0 saturated carbocycles. The van der Waals surface area contributed by atoms with Gasteiger partial charge in [0.25, 0.3) is 0 Å². The van der Waals surface area contributed by atoms with Gasteiger partial charge < -0.3 is 15.4 Å². The van der Waals surface area contributed by atoms with Crippen LogP contribution in [0.15, 0.2) is 24.3 Å². The lowest BCUT2D eigenvalue weighted by Crippen LogP contribution is -2.54. The number of likely N-dealkylation sites (N-methyl/N-ethyl adjacent to an activating group) is 1. The lowest BCUT2D eigenvalue weighted by Gasteiger charge is -2.32. The molecule has 0 saturated heterocycles. The number of nitrogens with zero attached hydrogens (tertiary/aromatic N) is 1. The first-order valence-corrected chi connectivity index (χ1v) is 9.85. The van der Waals surface area contributed by atoms with Crippen molar-refractivity contribution in [3.8, 4) is 0 Å². The lowest BCUT2D eigenvalue weighted by molar-refractivity contribution is -0.130. The highest BCUT2D eigenvalue weighted by Crippen LogP contribution is 2.22. The van der Waals surface area contributed by atoms with E-state index >= 15 is 0 Å². The Morgan fingerprint density at radius 1 is 1.29 bits per heavy atom. The van der Waals surface area contributed by atoms with Gasteiger partial charge >= 0.3 is 6.09 Å². The van der Waals surface area contributed by atoms with E-state index < -0.39 is 23.8 Å². The van der Waals surface area contributed by atoms with E-state index in [4.69, 9.17) is 4.74 Å².